The Morgan fingerprint density at radius 1 is 1.32 bits per heavy atom. The SMILES string of the molecule is CS(=O)(=O)c1cc(CCN2CCNCC2)ccc1F. The van der Waals surface area contributed by atoms with Crippen LogP contribution in [0.5, 0.6) is 0 Å². The third kappa shape index (κ3) is 3.99. The highest BCUT2D eigenvalue weighted by Crippen LogP contribution is 2.17. The molecule has 1 N–H and O–H groups in total. The van der Waals surface area contributed by atoms with E-state index in [2.05, 4.69) is 10.2 Å². The Labute approximate surface area is 113 Å². The fourth-order valence-corrected chi connectivity index (χ4v) is 3.00. The second kappa shape index (κ2) is 5.98. The highest BCUT2D eigenvalue weighted by atomic mass is 32.2. The van der Waals surface area contributed by atoms with Crippen molar-refractivity contribution in [3.63, 3.8) is 0 Å². The fraction of sp³-hybridized carbons (Fsp3) is 0.538. The highest BCUT2D eigenvalue weighted by Gasteiger charge is 2.15. The van der Waals surface area contributed by atoms with Gasteiger partial charge in [0.05, 0.1) is 0 Å². The summed E-state index contributed by atoms with van der Waals surface area (Å²) in [5.41, 5.74) is 0.861. The fourth-order valence-electron chi connectivity index (χ4n) is 2.21. The van der Waals surface area contributed by atoms with Crippen molar-refractivity contribution in [2.24, 2.45) is 0 Å². The first-order valence-corrected chi connectivity index (χ1v) is 8.27. The molecule has 4 nitrogen and oxygen atoms in total. The van der Waals surface area contributed by atoms with Gasteiger partial charge in [0.1, 0.15) is 10.7 Å². The number of rotatable bonds is 4. The molecule has 0 atom stereocenters. The lowest BCUT2D eigenvalue weighted by Gasteiger charge is -2.27. The maximum Gasteiger partial charge on any atom is 0.178 e. The topological polar surface area (TPSA) is 49.4 Å². The predicted molar refractivity (Wildman–Crippen MR) is 72.5 cm³/mol. The first-order valence-electron chi connectivity index (χ1n) is 6.38. The van der Waals surface area contributed by atoms with Gasteiger partial charge in [-0.3, -0.25) is 0 Å². The van der Waals surface area contributed by atoms with E-state index in [1.165, 1.54) is 12.1 Å². The number of benzene rings is 1. The summed E-state index contributed by atoms with van der Waals surface area (Å²) in [6.45, 7) is 4.84. The van der Waals surface area contributed by atoms with Crippen LogP contribution in [0.2, 0.25) is 0 Å². The Balaban J connectivity index is 2.04. The summed E-state index contributed by atoms with van der Waals surface area (Å²) in [6, 6.07) is 4.35. The Kier molecular flexibility index (Phi) is 4.54. The Morgan fingerprint density at radius 2 is 2.00 bits per heavy atom. The molecular weight excluding hydrogens is 267 g/mol. The standard InChI is InChI=1S/C13H19FN2O2S/c1-19(17,18)13-10-11(2-3-12(13)14)4-7-16-8-5-15-6-9-16/h2-3,10,15H,4-9H2,1H3. The summed E-state index contributed by atoms with van der Waals surface area (Å²) in [6.07, 6.45) is 1.77. The van der Waals surface area contributed by atoms with Gasteiger partial charge < -0.3 is 10.2 Å². The molecule has 0 saturated carbocycles. The van der Waals surface area contributed by atoms with Crippen LogP contribution in [0.25, 0.3) is 0 Å². The molecule has 1 aromatic rings. The molecule has 1 aromatic carbocycles. The van der Waals surface area contributed by atoms with Crippen LogP contribution < -0.4 is 5.32 Å². The molecule has 0 aliphatic carbocycles. The molecule has 19 heavy (non-hydrogen) atoms. The summed E-state index contributed by atoms with van der Waals surface area (Å²) in [5, 5.41) is 3.28. The average molecular weight is 286 g/mol. The van der Waals surface area contributed by atoms with Crippen LogP contribution in [0.4, 0.5) is 4.39 Å². The minimum absolute atomic E-state index is 0.203. The molecule has 1 heterocycles. The number of nitrogens with zero attached hydrogens (tertiary/aromatic N) is 1. The molecule has 1 aliphatic rings. The molecule has 0 radical (unpaired) electrons. The third-order valence-electron chi connectivity index (χ3n) is 3.32. The average Bonchev–Trinajstić information content (AvgIpc) is 2.37. The number of hydrogen-bond acceptors (Lipinski definition) is 4. The van der Waals surface area contributed by atoms with Gasteiger partial charge in [-0.1, -0.05) is 6.07 Å². The zero-order valence-electron chi connectivity index (χ0n) is 11.0. The normalized spacial score (nSPS) is 17.6. The van der Waals surface area contributed by atoms with Crippen molar-refractivity contribution in [1.82, 2.24) is 10.2 Å². The van der Waals surface area contributed by atoms with Gasteiger partial charge in [-0.2, -0.15) is 0 Å². The summed E-state index contributed by atoms with van der Waals surface area (Å²) in [5.74, 6) is -0.673. The van der Waals surface area contributed by atoms with E-state index in [1.807, 2.05) is 0 Å². The van der Waals surface area contributed by atoms with Crippen LogP contribution in [-0.2, 0) is 16.3 Å². The van der Waals surface area contributed by atoms with E-state index in [-0.39, 0.29) is 4.90 Å². The van der Waals surface area contributed by atoms with Gasteiger partial charge in [0.2, 0.25) is 0 Å². The van der Waals surface area contributed by atoms with Crippen LogP contribution in [0.15, 0.2) is 23.1 Å². The van der Waals surface area contributed by atoms with Crippen molar-refractivity contribution in [3.05, 3.63) is 29.6 Å². The van der Waals surface area contributed by atoms with Gasteiger partial charge in [0.15, 0.2) is 9.84 Å². The summed E-state index contributed by atoms with van der Waals surface area (Å²) in [7, 11) is -3.50. The van der Waals surface area contributed by atoms with Crippen molar-refractivity contribution >= 4 is 9.84 Å². The third-order valence-corrected chi connectivity index (χ3v) is 4.43. The predicted octanol–water partition coefficient (Wildman–Crippen LogP) is 0.677. The molecule has 106 valence electrons. The van der Waals surface area contributed by atoms with E-state index < -0.39 is 15.7 Å². The molecule has 0 aromatic heterocycles. The number of nitrogens with one attached hydrogen (secondary N) is 1. The van der Waals surface area contributed by atoms with Crippen LogP contribution in [0, 0.1) is 5.82 Å². The monoisotopic (exact) mass is 286 g/mol. The number of hydrogen-bond donors (Lipinski definition) is 1. The quantitative estimate of drug-likeness (QED) is 0.884. The lowest BCUT2D eigenvalue weighted by Crippen LogP contribution is -2.44. The van der Waals surface area contributed by atoms with E-state index in [9.17, 15) is 12.8 Å². The van der Waals surface area contributed by atoms with Gasteiger partial charge in [-0.15, -0.1) is 0 Å². The number of sulfone groups is 1. The summed E-state index contributed by atoms with van der Waals surface area (Å²) in [4.78, 5) is 2.12. The molecule has 0 unspecified atom stereocenters. The van der Waals surface area contributed by atoms with E-state index in [0.29, 0.717) is 0 Å². The highest BCUT2D eigenvalue weighted by molar-refractivity contribution is 7.90. The van der Waals surface area contributed by atoms with Crippen molar-refractivity contribution in [2.75, 3.05) is 39.0 Å². The minimum Gasteiger partial charge on any atom is -0.314 e. The minimum atomic E-state index is -3.50. The maximum absolute atomic E-state index is 13.5. The Bertz CT molecular complexity index is 540. The smallest absolute Gasteiger partial charge is 0.178 e. The molecule has 6 heteroatoms. The van der Waals surface area contributed by atoms with Gasteiger partial charge >= 0.3 is 0 Å². The second-order valence-electron chi connectivity index (χ2n) is 4.88. The Morgan fingerprint density at radius 3 is 2.63 bits per heavy atom. The largest absolute Gasteiger partial charge is 0.314 e. The summed E-state index contributed by atoms with van der Waals surface area (Å²) >= 11 is 0. The van der Waals surface area contributed by atoms with E-state index in [1.54, 1.807) is 6.07 Å². The van der Waals surface area contributed by atoms with Crippen LogP contribution in [0.1, 0.15) is 5.56 Å². The van der Waals surface area contributed by atoms with Crippen molar-refractivity contribution < 1.29 is 12.8 Å². The Hall–Kier alpha value is -0.980. The van der Waals surface area contributed by atoms with E-state index in [4.69, 9.17) is 0 Å². The lowest BCUT2D eigenvalue weighted by molar-refractivity contribution is 0.244. The lowest BCUT2D eigenvalue weighted by atomic mass is 10.1. The zero-order chi connectivity index (χ0) is 13.9. The van der Waals surface area contributed by atoms with Crippen LogP contribution in [-0.4, -0.2) is 52.3 Å². The second-order valence-corrected chi connectivity index (χ2v) is 6.86. The van der Waals surface area contributed by atoms with Crippen LogP contribution in [0.3, 0.4) is 0 Å². The van der Waals surface area contributed by atoms with Crippen molar-refractivity contribution in [2.45, 2.75) is 11.3 Å². The number of piperazine rings is 1. The van der Waals surface area contributed by atoms with Crippen LogP contribution >= 0.6 is 0 Å². The van der Waals surface area contributed by atoms with Crippen molar-refractivity contribution in [1.29, 1.82) is 0 Å². The molecule has 1 fully saturated rings. The molecular formula is C13H19FN2O2S. The first-order chi connectivity index (χ1) is 8.97. The zero-order valence-corrected chi connectivity index (χ0v) is 11.8. The molecule has 2 rings (SSSR count). The molecule has 1 aliphatic heterocycles. The van der Waals surface area contributed by atoms with Gasteiger partial charge in [0.25, 0.3) is 0 Å². The van der Waals surface area contributed by atoms with Crippen molar-refractivity contribution in [3.8, 4) is 0 Å². The molecule has 1 saturated heterocycles. The molecule has 0 bridgehead atoms. The van der Waals surface area contributed by atoms with E-state index >= 15 is 0 Å². The van der Waals surface area contributed by atoms with E-state index in [0.717, 1.165) is 51.0 Å². The molecule has 0 amide bonds. The number of halogens is 1. The van der Waals surface area contributed by atoms with Gasteiger partial charge in [-0.25, -0.2) is 12.8 Å². The van der Waals surface area contributed by atoms with Gasteiger partial charge in [0, 0.05) is 39.0 Å². The molecule has 0 spiro atoms. The summed E-state index contributed by atoms with van der Waals surface area (Å²) < 4.78 is 36.4. The maximum atomic E-state index is 13.5. The van der Waals surface area contributed by atoms with Gasteiger partial charge in [-0.05, 0) is 24.1 Å². The first kappa shape index (κ1) is 14.4.